The molecule has 2 saturated carbocycles. The molecule has 2 aliphatic rings. The van der Waals surface area contributed by atoms with E-state index in [-0.39, 0.29) is 30.7 Å². The van der Waals surface area contributed by atoms with Crippen LogP contribution in [0.15, 0.2) is 54.7 Å². The van der Waals surface area contributed by atoms with Crippen LogP contribution in [-0.4, -0.2) is 33.8 Å². The standard InChI is InChI=1S/C24H27N5O2/c30-14-22(16-4-2-1-3-5-16)26-19-9-8-18-13-25-23(27-21(18)12-19)29-24(31)28-20-11-15-6-7-17(20)10-15/h1-5,8-9,12-13,15,17,20,22,26,30H,6-7,10-11,14H2,(H2,25,27,28,29,31)/t15-,17+,20?,22?/m1/s1. The van der Waals surface area contributed by atoms with Crippen LogP contribution in [-0.2, 0) is 0 Å². The van der Waals surface area contributed by atoms with Gasteiger partial charge in [0, 0.05) is 23.3 Å². The van der Waals surface area contributed by atoms with Crippen LogP contribution in [0, 0.1) is 11.8 Å². The van der Waals surface area contributed by atoms with Gasteiger partial charge >= 0.3 is 6.03 Å². The zero-order valence-corrected chi connectivity index (χ0v) is 17.3. The van der Waals surface area contributed by atoms with Crippen molar-refractivity contribution in [3.05, 3.63) is 60.3 Å². The summed E-state index contributed by atoms with van der Waals surface area (Å²) in [5, 5.41) is 19.9. The first-order valence-corrected chi connectivity index (χ1v) is 10.9. The predicted molar refractivity (Wildman–Crippen MR) is 121 cm³/mol. The molecule has 1 heterocycles. The number of carbonyl (C=O) groups is 1. The Balaban J connectivity index is 1.28. The van der Waals surface area contributed by atoms with Crippen LogP contribution >= 0.6 is 0 Å². The molecule has 0 saturated heterocycles. The van der Waals surface area contributed by atoms with Crippen LogP contribution in [0.2, 0.25) is 0 Å². The van der Waals surface area contributed by atoms with E-state index >= 15 is 0 Å². The van der Waals surface area contributed by atoms with Gasteiger partial charge in [-0.1, -0.05) is 36.8 Å². The van der Waals surface area contributed by atoms with Crippen LogP contribution in [0.3, 0.4) is 0 Å². The average molecular weight is 418 g/mol. The molecule has 0 radical (unpaired) electrons. The van der Waals surface area contributed by atoms with Crippen molar-refractivity contribution in [1.82, 2.24) is 15.3 Å². The summed E-state index contributed by atoms with van der Waals surface area (Å²) >= 11 is 0. The topological polar surface area (TPSA) is 99.2 Å². The van der Waals surface area contributed by atoms with Gasteiger partial charge in [0.15, 0.2) is 0 Å². The van der Waals surface area contributed by atoms with Crippen LogP contribution in [0.4, 0.5) is 16.4 Å². The van der Waals surface area contributed by atoms with Crippen LogP contribution in [0.25, 0.3) is 10.9 Å². The van der Waals surface area contributed by atoms with Crippen molar-refractivity contribution in [3.8, 4) is 0 Å². The van der Waals surface area contributed by atoms with Crippen LogP contribution < -0.4 is 16.0 Å². The fourth-order valence-electron chi connectivity index (χ4n) is 5.02. The molecule has 2 fully saturated rings. The first kappa shape index (κ1) is 19.8. The van der Waals surface area contributed by atoms with Gasteiger partial charge in [-0.05, 0) is 54.9 Å². The second-order valence-electron chi connectivity index (χ2n) is 8.64. The lowest BCUT2D eigenvalue weighted by Gasteiger charge is -2.22. The van der Waals surface area contributed by atoms with E-state index < -0.39 is 0 Å². The molecule has 3 aromatic rings. The summed E-state index contributed by atoms with van der Waals surface area (Å²) < 4.78 is 0. The molecular formula is C24H27N5O2. The number of fused-ring (bicyclic) bond motifs is 3. The zero-order valence-electron chi connectivity index (χ0n) is 17.3. The summed E-state index contributed by atoms with van der Waals surface area (Å²) in [7, 11) is 0. The molecule has 5 rings (SSSR count). The van der Waals surface area contributed by atoms with Crippen molar-refractivity contribution in [2.24, 2.45) is 11.8 Å². The Hall–Kier alpha value is -3.19. The Morgan fingerprint density at radius 1 is 1.13 bits per heavy atom. The second kappa shape index (κ2) is 8.51. The van der Waals surface area contributed by atoms with Gasteiger partial charge in [0.05, 0.1) is 18.2 Å². The minimum atomic E-state index is -0.240. The SMILES string of the molecule is O=C(Nc1ncc2ccc(NC(CO)c3ccccc3)cc2n1)NC1C[C@@H]2CC[C@H]1C2. The quantitative estimate of drug-likeness (QED) is 0.484. The molecule has 31 heavy (non-hydrogen) atoms. The number of amides is 2. The van der Waals surface area contributed by atoms with E-state index in [2.05, 4.69) is 25.9 Å². The van der Waals surface area contributed by atoms with Crippen molar-refractivity contribution in [3.63, 3.8) is 0 Å². The van der Waals surface area contributed by atoms with Gasteiger partial charge in [0.2, 0.25) is 5.95 Å². The maximum Gasteiger partial charge on any atom is 0.321 e. The number of aliphatic hydroxyl groups excluding tert-OH is 1. The number of aliphatic hydroxyl groups is 1. The molecule has 7 heteroatoms. The Labute approximate surface area is 181 Å². The molecule has 2 unspecified atom stereocenters. The van der Waals surface area contributed by atoms with Crippen molar-refractivity contribution in [1.29, 1.82) is 0 Å². The first-order valence-electron chi connectivity index (χ1n) is 10.9. The van der Waals surface area contributed by atoms with E-state index in [1.54, 1.807) is 6.20 Å². The van der Waals surface area contributed by atoms with Crippen molar-refractivity contribution in [2.75, 3.05) is 17.2 Å². The Kier molecular flexibility index (Phi) is 5.42. The van der Waals surface area contributed by atoms with Gasteiger partial charge in [0.1, 0.15) is 0 Å². The number of nitrogens with one attached hydrogen (secondary N) is 3. The van der Waals surface area contributed by atoms with E-state index in [0.717, 1.165) is 34.5 Å². The Morgan fingerprint density at radius 2 is 2.00 bits per heavy atom. The van der Waals surface area contributed by atoms with Gasteiger partial charge in [-0.25, -0.2) is 14.8 Å². The molecule has 7 nitrogen and oxygen atoms in total. The molecular weight excluding hydrogens is 390 g/mol. The highest BCUT2D eigenvalue weighted by atomic mass is 16.3. The van der Waals surface area contributed by atoms with Gasteiger partial charge < -0.3 is 15.7 Å². The van der Waals surface area contributed by atoms with E-state index in [1.807, 2.05) is 48.5 Å². The lowest BCUT2D eigenvalue weighted by molar-refractivity contribution is 0.242. The van der Waals surface area contributed by atoms with Crippen molar-refractivity contribution >= 4 is 28.6 Å². The van der Waals surface area contributed by atoms with Crippen molar-refractivity contribution in [2.45, 2.75) is 37.8 Å². The normalized spacial score (nSPS) is 22.9. The van der Waals surface area contributed by atoms with E-state index in [1.165, 1.54) is 19.3 Å². The lowest BCUT2D eigenvalue weighted by atomic mass is 9.95. The van der Waals surface area contributed by atoms with Gasteiger partial charge in [-0.2, -0.15) is 0 Å². The predicted octanol–water partition coefficient (Wildman–Crippen LogP) is 4.09. The summed E-state index contributed by atoms with van der Waals surface area (Å²) in [6.07, 6.45) is 6.55. The van der Waals surface area contributed by atoms with E-state index in [0.29, 0.717) is 5.92 Å². The number of hydrogen-bond acceptors (Lipinski definition) is 5. The monoisotopic (exact) mass is 417 g/mol. The molecule has 160 valence electrons. The number of nitrogens with zero attached hydrogens (tertiary/aromatic N) is 2. The maximum atomic E-state index is 12.4. The fourth-order valence-corrected chi connectivity index (χ4v) is 5.02. The van der Waals surface area contributed by atoms with Crippen molar-refractivity contribution < 1.29 is 9.90 Å². The minimum absolute atomic E-state index is 0.0260. The number of carbonyl (C=O) groups excluding carboxylic acids is 1. The first-order chi connectivity index (χ1) is 15.2. The van der Waals surface area contributed by atoms with E-state index in [9.17, 15) is 9.90 Å². The molecule has 4 atom stereocenters. The molecule has 0 aliphatic heterocycles. The van der Waals surface area contributed by atoms with Gasteiger partial charge in [0.25, 0.3) is 0 Å². The Bertz CT molecular complexity index is 1070. The number of hydrogen-bond donors (Lipinski definition) is 4. The van der Waals surface area contributed by atoms with Crippen LogP contribution in [0.5, 0.6) is 0 Å². The average Bonchev–Trinajstić information content (AvgIpc) is 3.41. The largest absolute Gasteiger partial charge is 0.394 e. The molecule has 2 amide bonds. The van der Waals surface area contributed by atoms with Crippen LogP contribution in [0.1, 0.15) is 37.3 Å². The summed E-state index contributed by atoms with van der Waals surface area (Å²) in [5.41, 5.74) is 2.57. The summed E-state index contributed by atoms with van der Waals surface area (Å²) in [5.74, 6) is 1.68. The number of benzene rings is 2. The molecule has 4 N–H and O–H groups in total. The zero-order chi connectivity index (χ0) is 21.2. The Morgan fingerprint density at radius 3 is 2.74 bits per heavy atom. The number of rotatable bonds is 6. The summed E-state index contributed by atoms with van der Waals surface area (Å²) in [6, 6.07) is 15.4. The molecule has 1 aromatic heterocycles. The third kappa shape index (κ3) is 4.32. The van der Waals surface area contributed by atoms with Gasteiger partial charge in [-0.3, -0.25) is 5.32 Å². The lowest BCUT2D eigenvalue weighted by Crippen LogP contribution is -2.41. The maximum absolute atomic E-state index is 12.4. The smallest absolute Gasteiger partial charge is 0.321 e. The third-order valence-corrected chi connectivity index (χ3v) is 6.59. The highest BCUT2D eigenvalue weighted by Crippen LogP contribution is 2.44. The highest BCUT2D eigenvalue weighted by Gasteiger charge is 2.40. The molecule has 2 aliphatic carbocycles. The number of urea groups is 1. The number of anilines is 2. The van der Waals surface area contributed by atoms with Gasteiger partial charge in [-0.15, -0.1) is 0 Å². The highest BCUT2D eigenvalue weighted by molar-refractivity contribution is 5.89. The summed E-state index contributed by atoms with van der Waals surface area (Å²) in [6.45, 7) is -0.0260. The minimum Gasteiger partial charge on any atom is -0.394 e. The second-order valence-corrected chi connectivity index (χ2v) is 8.64. The summed E-state index contributed by atoms with van der Waals surface area (Å²) in [4.78, 5) is 21.2. The molecule has 2 bridgehead atoms. The fraction of sp³-hybridized carbons (Fsp3) is 0.375. The number of aromatic nitrogens is 2. The molecule has 0 spiro atoms. The van der Waals surface area contributed by atoms with E-state index in [4.69, 9.17) is 0 Å². The molecule has 2 aromatic carbocycles. The third-order valence-electron chi connectivity index (χ3n) is 6.59.